The summed E-state index contributed by atoms with van der Waals surface area (Å²) in [4.78, 5) is 23.5. The number of nitrogens with one attached hydrogen (secondary N) is 2. The van der Waals surface area contributed by atoms with Gasteiger partial charge in [0.25, 0.3) is 5.91 Å². The monoisotopic (exact) mass is 276 g/mol. The van der Waals surface area contributed by atoms with E-state index in [-0.39, 0.29) is 11.6 Å². The maximum absolute atomic E-state index is 12.7. The van der Waals surface area contributed by atoms with Crippen LogP contribution in [0.5, 0.6) is 0 Å². The Hall–Kier alpha value is -2.63. The average Bonchev–Trinajstić information content (AvgIpc) is 2.95. The molecule has 2 N–H and O–H groups in total. The quantitative estimate of drug-likeness (QED) is 0.899. The van der Waals surface area contributed by atoms with Crippen molar-refractivity contribution in [2.24, 2.45) is 0 Å². The molecule has 6 heteroatoms. The van der Waals surface area contributed by atoms with Crippen molar-refractivity contribution in [3.63, 3.8) is 0 Å². The standard InChI is InChI=1S/C14H13FN2O3/c1-9(16-14(19)12-3-2-8-20-12)13(18)17-11-6-4-10(15)5-7-11/h2-9H,1H3,(H,16,19)(H,17,18). The zero-order valence-electron chi connectivity index (χ0n) is 10.7. The summed E-state index contributed by atoms with van der Waals surface area (Å²) in [5, 5.41) is 5.06. The average molecular weight is 276 g/mol. The Balaban J connectivity index is 1.92. The summed E-state index contributed by atoms with van der Waals surface area (Å²) in [6.45, 7) is 1.54. The first-order chi connectivity index (χ1) is 9.56. The summed E-state index contributed by atoms with van der Waals surface area (Å²) >= 11 is 0. The molecule has 0 aliphatic heterocycles. The lowest BCUT2D eigenvalue weighted by molar-refractivity contribution is -0.117. The van der Waals surface area contributed by atoms with Gasteiger partial charge >= 0.3 is 0 Å². The second-order valence-corrected chi connectivity index (χ2v) is 4.17. The predicted molar refractivity (Wildman–Crippen MR) is 70.7 cm³/mol. The van der Waals surface area contributed by atoms with Crippen LogP contribution in [0.3, 0.4) is 0 Å². The van der Waals surface area contributed by atoms with E-state index in [0.717, 1.165) is 0 Å². The first-order valence-corrected chi connectivity index (χ1v) is 5.97. The van der Waals surface area contributed by atoms with Crippen molar-refractivity contribution in [1.29, 1.82) is 0 Å². The molecule has 0 aliphatic rings. The summed E-state index contributed by atoms with van der Waals surface area (Å²) in [5.74, 6) is -1.14. The molecular weight excluding hydrogens is 263 g/mol. The molecule has 0 spiro atoms. The van der Waals surface area contributed by atoms with Gasteiger partial charge in [0.2, 0.25) is 5.91 Å². The van der Waals surface area contributed by atoms with Crippen molar-refractivity contribution in [3.05, 3.63) is 54.2 Å². The summed E-state index contributed by atoms with van der Waals surface area (Å²) in [7, 11) is 0. The third-order valence-corrected chi connectivity index (χ3v) is 2.60. The fourth-order valence-corrected chi connectivity index (χ4v) is 1.52. The topological polar surface area (TPSA) is 71.3 Å². The molecule has 0 bridgehead atoms. The Bertz CT molecular complexity index is 593. The van der Waals surface area contributed by atoms with E-state index in [1.165, 1.54) is 36.6 Å². The largest absolute Gasteiger partial charge is 0.459 e. The van der Waals surface area contributed by atoms with Crippen LogP contribution >= 0.6 is 0 Å². The predicted octanol–water partition coefficient (Wildman–Crippen LogP) is 2.18. The molecule has 0 radical (unpaired) electrons. The van der Waals surface area contributed by atoms with Crippen molar-refractivity contribution in [2.45, 2.75) is 13.0 Å². The van der Waals surface area contributed by atoms with Crippen molar-refractivity contribution < 1.29 is 18.4 Å². The normalized spacial score (nSPS) is 11.7. The number of benzene rings is 1. The molecule has 5 nitrogen and oxygen atoms in total. The van der Waals surface area contributed by atoms with E-state index in [9.17, 15) is 14.0 Å². The van der Waals surface area contributed by atoms with Crippen LogP contribution in [0.4, 0.5) is 10.1 Å². The number of furan rings is 1. The fourth-order valence-electron chi connectivity index (χ4n) is 1.52. The number of hydrogen-bond donors (Lipinski definition) is 2. The lowest BCUT2D eigenvalue weighted by atomic mass is 10.2. The minimum absolute atomic E-state index is 0.131. The summed E-state index contributed by atoms with van der Waals surface area (Å²) in [6, 6.07) is 7.68. The second-order valence-electron chi connectivity index (χ2n) is 4.17. The van der Waals surface area contributed by atoms with Gasteiger partial charge in [-0.1, -0.05) is 0 Å². The SMILES string of the molecule is CC(NC(=O)c1ccco1)C(=O)Nc1ccc(F)cc1. The Kier molecular flexibility index (Phi) is 4.14. The summed E-state index contributed by atoms with van der Waals surface area (Å²) in [5.41, 5.74) is 0.454. The Morgan fingerprint density at radius 1 is 1.20 bits per heavy atom. The molecule has 0 fully saturated rings. The Morgan fingerprint density at radius 2 is 1.90 bits per heavy atom. The van der Waals surface area contributed by atoms with E-state index in [1.54, 1.807) is 13.0 Å². The zero-order valence-corrected chi connectivity index (χ0v) is 10.7. The minimum atomic E-state index is -0.752. The van der Waals surface area contributed by atoms with E-state index >= 15 is 0 Å². The van der Waals surface area contributed by atoms with Gasteiger partial charge in [-0.3, -0.25) is 9.59 Å². The van der Waals surface area contributed by atoms with E-state index < -0.39 is 17.9 Å². The molecule has 1 aromatic heterocycles. The van der Waals surface area contributed by atoms with Crippen LogP contribution < -0.4 is 10.6 Å². The van der Waals surface area contributed by atoms with Crippen molar-refractivity contribution in [2.75, 3.05) is 5.32 Å². The first kappa shape index (κ1) is 13.8. The highest BCUT2D eigenvalue weighted by Crippen LogP contribution is 2.08. The lowest BCUT2D eigenvalue weighted by Gasteiger charge is -2.13. The molecule has 2 aromatic rings. The number of carbonyl (C=O) groups excluding carboxylic acids is 2. The minimum Gasteiger partial charge on any atom is -0.459 e. The van der Waals surface area contributed by atoms with E-state index in [4.69, 9.17) is 4.42 Å². The lowest BCUT2D eigenvalue weighted by Crippen LogP contribution is -2.41. The van der Waals surface area contributed by atoms with E-state index in [2.05, 4.69) is 10.6 Å². The van der Waals surface area contributed by atoms with Crippen molar-refractivity contribution >= 4 is 17.5 Å². The second kappa shape index (κ2) is 6.01. The smallest absolute Gasteiger partial charge is 0.287 e. The fraction of sp³-hybridized carbons (Fsp3) is 0.143. The van der Waals surface area contributed by atoms with E-state index in [0.29, 0.717) is 5.69 Å². The maximum atomic E-state index is 12.7. The molecular formula is C14H13FN2O3. The first-order valence-electron chi connectivity index (χ1n) is 5.97. The van der Waals surface area contributed by atoms with Gasteiger partial charge in [-0.05, 0) is 43.3 Å². The molecule has 0 saturated carbocycles. The number of carbonyl (C=O) groups is 2. The third kappa shape index (κ3) is 3.44. The van der Waals surface area contributed by atoms with Crippen LogP contribution in [-0.4, -0.2) is 17.9 Å². The van der Waals surface area contributed by atoms with Gasteiger partial charge in [0.1, 0.15) is 11.9 Å². The van der Waals surface area contributed by atoms with Crippen molar-refractivity contribution in [1.82, 2.24) is 5.32 Å². The molecule has 0 aliphatic carbocycles. The highest BCUT2D eigenvalue weighted by Gasteiger charge is 2.18. The molecule has 1 heterocycles. The van der Waals surface area contributed by atoms with Gasteiger partial charge in [-0.25, -0.2) is 4.39 Å². The van der Waals surface area contributed by atoms with Gasteiger partial charge in [0, 0.05) is 5.69 Å². The Morgan fingerprint density at radius 3 is 2.50 bits per heavy atom. The van der Waals surface area contributed by atoms with Gasteiger partial charge in [0.15, 0.2) is 5.76 Å². The van der Waals surface area contributed by atoms with Crippen molar-refractivity contribution in [3.8, 4) is 0 Å². The van der Waals surface area contributed by atoms with Crippen LogP contribution in [-0.2, 0) is 4.79 Å². The molecule has 1 atom stereocenters. The van der Waals surface area contributed by atoms with Gasteiger partial charge < -0.3 is 15.1 Å². The summed E-state index contributed by atoms with van der Waals surface area (Å²) in [6.07, 6.45) is 1.37. The molecule has 2 rings (SSSR count). The van der Waals surface area contributed by atoms with Gasteiger partial charge in [0.05, 0.1) is 6.26 Å². The van der Waals surface area contributed by atoms with Crippen LogP contribution in [0.1, 0.15) is 17.5 Å². The molecule has 0 saturated heterocycles. The number of hydrogen-bond acceptors (Lipinski definition) is 3. The van der Waals surface area contributed by atoms with Gasteiger partial charge in [-0.15, -0.1) is 0 Å². The highest BCUT2D eigenvalue weighted by molar-refractivity contribution is 5.99. The van der Waals surface area contributed by atoms with Crippen LogP contribution in [0.25, 0.3) is 0 Å². The number of halogens is 1. The Labute approximate surface area is 114 Å². The third-order valence-electron chi connectivity index (χ3n) is 2.60. The molecule has 1 unspecified atom stereocenters. The molecule has 1 aromatic carbocycles. The maximum Gasteiger partial charge on any atom is 0.287 e. The van der Waals surface area contributed by atoms with E-state index in [1.807, 2.05) is 0 Å². The van der Waals surface area contributed by atoms with Gasteiger partial charge in [-0.2, -0.15) is 0 Å². The number of anilines is 1. The number of rotatable bonds is 4. The van der Waals surface area contributed by atoms with Crippen LogP contribution in [0.2, 0.25) is 0 Å². The molecule has 2 amide bonds. The molecule has 20 heavy (non-hydrogen) atoms. The van der Waals surface area contributed by atoms with Crippen LogP contribution in [0, 0.1) is 5.82 Å². The van der Waals surface area contributed by atoms with Crippen LogP contribution in [0.15, 0.2) is 47.1 Å². The zero-order chi connectivity index (χ0) is 14.5. The summed E-state index contributed by atoms with van der Waals surface area (Å²) < 4.78 is 17.7. The highest BCUT2D eigenvalue weighted by atomic mass is 19.1. The number of amides is 2. The molecule has 104 valence electrons.